The van der Waals surface area contributed by atoms with Gasteiger partial charge >= 0.3 is 0 Å². The lowest BCUT2D eigenvalue weighted by molar-refractivity contribution is 0.0901. The number of halogens is 2. The average Bonchev–Trinajstić information content (AvgIpc) is 2.29. The fourth-order valence-electron chi connectivity index (χ4n) is 1.52. The molecule has 2 nitrogen and oxygen atoms in total. The number of nitrogens with one attached hydrogen (secondary N) is 1. The summed E-state index contributed by atoms with van der Waals surface area (Å²) in [5, 5.41) is 4.02. The fourth-order valence-corrected chi connectivity index (χ4v) is 3.03. The molecule has 0 aromatic heterocycles. The molecule has 1 aromatic rings. The maximum absolute atomic E-state index is 12.2. The van der Waals surface area contributed by atoms with E-state index in [4.69, 9.17) is 0 Å². The molecule has 17 heavy (non-hydrogen) atoms. The van der Waals surface area contributed by atoms with Crippen LogP contribution in [0.2, 0.25) is 0 Å². The van der Waals surface area contributed by atoms with Gasteiger partial charge in [-0.15, -0.1) is 0 Å². The van der Waals surface area contributed by atoms with E-state index in [2.05, 4.69) is 57.7 Å². The van der Waals surface area contributed by atoms with Crippen LogP contribution < -0.4 is 5.32 Å². The van der Waals surface area contributed by atoms with Crippen LogP contribution in [0.5, 0.6) is 0 Å². The molecule has 0 fully saturated rings. The van der Waals surface area contributed by atoms with Crippen molar-refractivity contribution in [3.8, 4) is 0 Å². The molecule has 1 aromatic carbocycles. The van der Waals surface area contributed by atoms with E-state index in [9.17, 15) is 4.79 Å². The van der Waals surface area contributed by atoms with Crippen LogP contribution in [-0.2, 0) is 0 Å². The largest absolute Gasteiger partial charge is 0.347 e. The molecule has 94 valence electrons. The van der Waals surface area contributed by atoms with Gasteiger partial charge in [0.1, 0.15) is 0 Å². The third-order valence-electron chi connectivity index (χ3n) is 2.96. The fraction of sp³-hybridized carbons (Fsp3) is 0.462. The first kappa shape index (κ1) is 15.0. The molecular weight excluding hydrogens is 393 g/mol. The minimum absolute atomic E-state index is 0.0142. The highest BCUT2D eigenvalue weighted by Gasteiger charge is 2.24. The Morgan fingerprint density at radius 3 is 2.65 bits per heavy atom. The van der Waals surface area contributed by atoms with Gasteiger partial charge in [-0.2, -0.15) is 0 Å². The summed E-state index contributed by atoms with van der Waals surface area (Å²) >= 11 is 5.62. The molecule has 1 rings (SSSR count). The maximum atomic E-state index is 12.2. The van der Waals surface area contributed by atoms with Crippen LogP contribution in [0.3, 0.4) is 0 Å². The second-order valence-electron chi connectivity index (χ2n) is 4.29. The molecule has 0 radical (unpaired) electrons. The lowest BCUT2D eigenvalue weighted by atomic mass is 9.95. The van der Waals surface area contributed by atoms with Gasteiger partial charge in [0.15, 0.2) is 0 Å². The molecule has 1 amide bonds. The van der Waals surface area contributed by atoms with E-state index < -0.39 is 0 Å². The SMILES string of the molecule is CCC(C)(CCBr)NC(=O)c1ccccc1I. The summed E-state index contributed by atoms with van der Waals surface area (Å²) in [5.41, 5.74) is 0.613. The van der Waals surface area contributed by atoms with Crippen LogP contribution in [-0.4, -0.2) is 16.8 Å². The standard InChI is InChI=1S/C13H17BrINO/c1-3-13(2,8-9-14)16-12(17)10-6-4-5-7-11(10)15/h4-7H,3,8-9H2,1-2H3,(H,16,17). The first-order chi connectivity index (χ1) is 8.02. The van der Waals surface area contributed by atoms with Crippen molar-refractivity contribution >= 4 is 44.4 Å². The van der Waals surface area contributed by atoms with Crippen LogP contribution in [0.4, 0.5) is 0 Å². The molecule has 0 spiro atoms. The predicted molar refractivity (Wildman–Crippen MR) is 83.7 cm³/mol. The summed E-state index contributed by atoms with van der Waals surface area (Å²) < 4.78 is 0.986. The smallest absolute Gasteiger partial charge is 0.252 e. The molecule has 1 unspecified atom stereocenters. The third kappa shape index (κ3) is 4.25. The molecule has 0 heterocycles. The number of carbonyl (C=O) groups is 1. The number of alkyl halides is 1. The summed E-state index contributed by atoms with van der Waals surface area (Å²) in [5.74, 6) is 0.0142. The Morgan fingerprint density at radius 2 is 2.12 bits per heavy atom. The summed E-state index contributed by atoms with van der Waals surface area (Å²) in [7, 11) is 0. The minimum Gasteiger partial charge on any atom is -0.347 e. The first-order valence-electron chi connectivity index (χ1n) is 5.65. The highest BCUT2D eigenvalue weighted by molar-refractivity contribution is 14.1. The number of amides is 1. The van der Waals surface area contributed by atoms with Crippen LogP contribution in [0.1, 0.15) is 37.0 Å². The van der Waals surface area contributed by atoms with Crippen LogP contribution in [0.25, 0.3) is 0 Å². The molecule has 1 N–H and O–H groups in total. The van der Waals surface area contributed by atoms with Crippen molar-refractivity contribution in [1.82, 2.24) is 5.32 Å². The molecule has 4 heteroatoms. The Morgan fingerprint density at radius 1 is 1.47 bits per heavy atom. The van der Waals surface area contributed by atoms with Crippen LogP contribution in [0, 0.1) is 3.57 Å². The number of hydrogen-bond acceptors (Lipinski definition) is 1. The average molecular weight is 410 g/mol. The lowest BCUT2D eigenvalue weighted by Gasteiger charge is -2.29. The predicted octanol–water partition coefficient (Wildman–Crippen LogP) is 3.97. The molecule has 0 saturated carbocycles. The van der Waals surface area contributed by atoms with Gasteiger partial charge in [0.2, 0.25) is 0 Å². The van der Waals surface area contributed by atoms with Crippen molar-refractivity contribution in [2.75, 3.05) is 5.33 Å². The molecular formula is C13H17BrINO. The van der Waals surface area contributed by atoms with Gasteiger partial charge in [-0.25, -0.2) is 0 Å². The van der Waals surface area contributed by atoms with Crippen molar-refractivity contribution in [2.24, 2.45) is 0 Å². The van der Waals surface area contributed by atoms with E-state index in [-0.39, 0.29) is 11.4 Å². The molecule has 0 aliphatic rings. The summed E-state index contributed by atoms with van der Waals surface area (Å²) in [4.78, 5) is 12.2. The Kier molecular flexibility index (Phi) is 5.92. The van der Waals surface area contributed by atoms with E-state index in [1.165, 1.54) is 0 Å². The zero-order valence-electron chi connectivity index (χ0n) is 10.1. The van der Waals surface area contributed by atoms with Gasteiger partial charge < -0.3 is 5.32 Å². The van der Waals surface area contributed by atoms with E-state index in [0.29, 0.717) is 0 Å². The Bertz CT molecular complexity index is 397. The number of rotatable bonds is 5. The Hall–Kier alpha value is -0.100. The number of hydrogen-bond donors (Lipinski definition) is 1. The highest BCUT2D eigenvalue weighted by Crippen LogP contribution is 2.18. The zero-order valence-corrected chi connectivity index (χ0v) is 13.8. The minimum atomic E-state index is -0.139. The molecule has 0 bridgehead atoms. The van der Waals surface area contributed by atoms with E-state index in [1.807, 2.05) is 24.3 Å². The van der Waals surface area contributed by atoms with Crippen molar-refractivity contribution in [2.45, 2.75) is 32.2 Å². The van der Waals surface area contributed by atoms with Crippen molar-refractivity contribution in [1.29, 1.82) is 0 Å². The Labute approximate surface area is 125 Å². The van der Waals surface area contributed by atoms with Crippen LogP contribution >= 0.6 is 38.5 Å². The molecule has 0 aliphatic carbocycles. The summed E-state index contributed by atoms with van der Waals surface area (Å²) in [6, 6.07) is 7.64. The Balaban J connectivity index is 2.82. The van der Waals surface area contributed by atoms with Crippen molar-refractivity contribution in [3.05, 3.63) is 33.4 Å². The van der Waals surface area contributed by atoms with Crippen molar-refractivity contribution in [3.63, 3.8) is 0 Å². The number of carbonyl (C=O) groups excluding carboxylic acids is 1. The van der Waals surface area contributed by atoms with Gasteiger partial charge in [-0.3, -0.25) is 4.79 Å². The molecule has 1 atom stereocenters. The lowest BCUT2D eigenvalue weighted by Crippen LogP contribution is -2.46. The molecule has 0 aliphatic heterocycles. The number of benzene rings is 1. The van der Waals surface area contributed by atoms with Gasteiger partial charge in [-0.1, -0.05) is 35.0 Å². The second kappa shape index (κ2) is 6.73. The normalized spacial score (nSPS) is 14.1. The van der Waals surface area contributed by atoms with Crippen molar-refractivity contribution < 1.29 is 4.79 Å². The first-order valence-corrected chi connectivity index (χ1v) is 7.85. The third-order valence-corrected chi connectivity index (χ3v) is 4.30. The molecule has 0 saturated heterocycles. The van der Waals surface area contributed by atoms with Gasteiger partial charge in [0.25, 0.3) is 5.91 Å². The van der Waals surface area contributed by atoms with Crippen LogP contribution in [0.15, 0.2) is 24.3 Å². The van der Waals surface area contributed by atoms with E-state index >= 15 is 0 Å². The van der Waals surface area contributed by atoms with Gasteiger partial charge in [0.05, 0.1) is 5.56 Å². The van der Waals surface area contributed by atoms with Gasteiger partial charge in [0, 0.05) is 14.4 Å². The quantitative estimate of drug-likeness (QED) is 0.578. The van der Waals surface area contributed by atoms with E-state index in [1.54, 1.807) is 0 Å². The highest BCUT2D eigenvalue weighted by atomic mass is 127. The maximum Gasteiger partial charge on any atom is 0.252 e. The summed E-state index contributed by atoms with van der Waals surface area (Å²) in [6.07, 6.45) is 1.85. The monoisotopic (exact) mass is 409 g/mol. The zero-order chi connectivity index (χ0) is 12.9. The van der Waals surface area contributed by atoms with Gasteiger partial charge in [-0.05, 0) is 54.5 Å². The summed E-state index contributed by atoms with van der Waals surface area (Å²) in [6.45, 7) is 4.18. The topological polar surface area (TPSA) is 29.1 Å². The second-order valence-corrected chi connectivity index (χ2v) is 6.24. The van der Waals surface area contributed by atoms with E-state index in [0.717, 1.165) is 27.3 Å².